The Hall–Kier alpha value is -2.13. The summed E-state index contributed by atoms with van der Waals surface area (Å²) in [5.74, 6) is 0.915. The number of nitrogens with one attached hydrogen (secondary N) is 1. The summed E-state index contributed by atoms with van der Waals surface area (Å²) in [6.45, 7) is 4.11. The third-order valence-corrected chi connectivity index (χ3v) is 3.43. The third kappa shape index (κ3) is 2.58. The van der Waals surface area contributed by atoms with E-state index in [4.69, 9.17) is 5.73 Å². The van der Waals surface area contributed by atoms with Crippen LogP contribution in [0.2, 0.25) is 0 Å². The van der Waals surface area contributed by atoms with Crippen molar-refractivity contribution in [3.05, 3.63) is 53.6 Å². The van der Waals surface area contributed by atoms with Gasteiger partial charge in [-0.15, -0.1) is 0 Å². The molecule has 20 heavy (non-hydrogen) atoms. The molecule has 102 valence electrons. The molecular weight excluding hydrogens is 246 g/mol. The van der Waals surface area contributed by atoms with Gasteiger partial charge >= 0.3 is 0 Å². The minimum absolute atomic E-state index is 0.173. The molecule has 2 aromatic carbocycles. The number of rotatable bonds is 3. The number of aryl methyl sites for hydroxylation is 1. The molecule has 0 aliphatic carbocycles. The molecule has 0 bridgehead atoms. The number of H-pyrrole nitrogens is 1. The summed E-state index contributed by atoms with van der Waals surface area (Å²) >= 11 is 0. The summed E-state index contributed by atoms with van der Waals surface area (Å²) in [7, 11) is 0. The van der Waals surface area contributed by atoms with Crippen LogP contribution in [0, 0.1) is 6.92 Å². The Morgan fingerprint density at radius 1 is 1.15 bits per heavy atom. The van der Waals surface area contributed by atoms with Gasteiger partial charge in [0.2, 0.25) is 0 Å². The molecule has 0 radical (unpaired) electrons. The fourth-order valence-electron chi connectivity index (χ4n) is 2.40. The Balaban J connectivity index is 1.99. The molecule has 3 nitrogen and oxygen atoms in total. The average Bonchev–Trinajstić information content (AvgIpc) is 2.81. The SMILES string of the molecule is Cc1ccc(-c2nc3ccc(CC(C)N)cc3[nH]2)cc1. The van der Waals surface area contributed by atoms with E-state index in [0.717, 1.165) is 28.8 Å². The summed E-state index contributed by atoms with van der Waals surface area (Å²) in [5, 5.41) is 0. The van der Waals surface area contributed by atoms with Crippen molar-refractivity contribution in [3.63, 3.8) is 0 Å². The van der Waals surface area contributed by atoms with Crippen molar-refractivity contribution in [2.24, 2.45) is 5.73 Å². The van der Waals surface area contributed by atoms with Crippen molar-refractivity contribution < 1.29 is 0 Å². The van der Waals surface area contributed by atoms with Crippen molar-refractivity contribution in [1.29, 1.82) is 0 Å². The summed E-state index contributed by atoms with van der Waals surface area (Å²) < 4.78 is 0. The number of fused-ring (bicyclic) bond motifs is 1. The molecule has 0 saturated heterocycles. The van der Waals surface area contributed by atoms with E-state index in [1.54, 1.807) is 0 Å². The summed E-state index contributed by atoms with van der Waals surface area (Å²) in [6, 6.07) is 14.9. The van der Waals surface area contributed by atoms with Crippen LogP contribution in [-0.4, -0.2) is 16.0 Å². The molecule has 0 spiro atoms. The van der Waals surface area contributed by atoms with Gasteiger partial charge in [-0.25, -0.2) is 4.98 Å². The summed E-state index contributed by atoms with van der Waals surface area (Å²) in [4.78, 5) is 8.04. The van der Waals surface area contributed by atoms with Gasteiger partial charge in [0.25, 0.3) is 0 Å². The number of nitrogens with zero attached hydrogens (tertiary/aromatic N) is 1. The molecule has 0 fully saturated rings. The Kier molecular flexibility index (Phi) is 3.28. The molecule has 3 heteroatoms. The number of hydrogen-bond acceptors (Lipinski definition) is 2. The Bertz CT molecular complexity index is 724. The molecule has 3 N–H and O–H groups in total. The van der Waals surface area contributed by atoms with Gasteiger partial charge in [0, 0.05) is 11.6 Å². The lowest BCUT2D eigenvalue weighted by Crippen LogP contribution is -2.17. The highest BCUT2D eigenvalue weighted by Gasteiger charge is 2.06. The highest BCUT2D eigenvalue weighted by atomic mass is 14.9. The standard InChI is InChI=1S/C17H19N3/c1-11-3-6-14(7-4-11)17-19-15-8-5-13(9-12(2)18)10-16(15)20-17/h3-8,10,12H,9,18H2,1-2H3,(H,19,20). The van der Waals surface area contributed by atoms with Crippen LogP contribution in [0.3, 0.4) is 0 Å². The average molecular weight is 265 g/mol. The van der Waals surface area contributed by atoms with Gasteiger partial charge in [-0.2, -0.15) is 0 Å². The van der Waals surface area contributed by atoms with Crippen molar-refractivity contribution in [2.75, 3.05) is 0 Å². The van der Waals surface area contributed by atoms with Gasteiger partial charge in [0.05, 0.1) is 11.0 Å². The third-order valence-electron chi connectivity index (χ3n) is 3.43. The second kappa shape index (κ2) is 5.10. The molecule has 0 saturated carbocycles. The fraction of sp³-hybridized carbons (Fsp3) is 0.235. The zero-order valence-corrected chi connectivity index (χ0v) is 11.9. The summed E-state index contributed by atoms with van der Waals surface area (Å²) in [6.07, 6.45) is 0.884. The van der Waals surface area contributed by atoms with Crippen molar-refractivity contribution in [1.82, 2.24) is 9.97 Å². The van der Waals surface area contributed by atoms with Crippen LogP contribution in [0.1, 0.15) is 18.1 Å². The lowest BCUT2D eigenvalue weighted by atomic mass is 10.1. The molecular formula is C17H19N3. The van der Waals surface area contributed by atoms with E-state index in [2.05, 4.69) is 59.4 Å². The first-order valence-corrected chi connectivity index (χ1v) is 6.93. The Labute approximate surface area is 118 Å². The predicted molar refractivity (Wildman–Crippen MR) is 83.6 cm³/mol. The molecule has 1 unspecified atom stereocenters. The molecule has 0 aliphatic heterocycles. The van der Waals surface area contributed by atoms with E-state index < -0.39 is 0 Å². The maximum absolute atomic E-state index is 5.85. The first-order valence-electron chi connectivity index (χ1n) is 6.93. The predicted octanol–water partition coefficient (Wildman–Crippen LogP) is 3.43. The van der Waals surface area contributed by atoms with Crippen LogP contribution in [0.4, 0.5) is 0 Å². The monoisotopic (exact) mass is 265 g/mol. The van der Waals surface area contributed by atoms with E-state index >= 15 is 0 Å². The fourth-order valence-corrected chi connectivity index (χ4v) is 2.40. The number of aromatic amines is 1. The van der Waals surface area contributed by atoms with E-state index in [0.29, 0.717) is 0 Å². The minimum atomic E-state index is 0.173. The smallest absolute Gasteiger partial charge is 0.138 e. The number of aromatic nitrogens is 2. The molecule has 0 amide bonds. The Morgan fingerprint density at radius 2 is 1.90 bits per heavy atom. The van der Waals surface area contributed by atoms with E-state index in [-0.39, 0.29) is 6.04 Å². The van der Waals surface area contributed by atoms with Gasteiger partial charge < -0.3 is 10.7 Å². The largest absolute Gasteiger partial charge is 0.338 e. The molecule has 1 heterocycles. The summed E-state index contributed by atoms with van der Waals surface area (Å²) in [5.41, 5.74) is 11.5. The lowest BCUT2D eigenvalue weighted by Gasteiger charge is -2.04. The van der Waals surface area contributed by atoms with Crippen molar-refractivity contribution in [2.45, 2.75) is 26.3 Å². The highest BCUT2D eigenvalue weighted by molar-refractivity contribution is 5.80. The van der Waals surface area contributed by atoms with Gasteiger partial charge in [-0.1, -0.05) is 35.9 Å². The molecule has 1 atom stereocenters. The van der Waals surface area contributed by atoms with Crippen molar-refractivity contribution in [3.8, 4) is 11.4 Å². The number of imidazole rings is 1. The maximum atomic E-state index is 5.85. The van der Waals surface area contributed by atoms with Crippen LogP contribution in [0.15, 0.2) is 42.5 Å². The van der Waals surface area contributed by atoms with Gasteiger partial charge in [0.1, 0.15) is 5.82 Å². The molecule has 3 rings (SSSR count). The lowest BCUT2D eigenvalue weighted by molar-refractivity contribution is 0.739. The molecule has 1 aromatic heterocycles. The van der Waals surface area contributed by atoms with Gasteiger partial charge in [-0.3, -0.25) is 0 Å². The topological polar surface area (TPSA) is 54.7 Å². The first kappa shape index (κ1) is 12.9. The van der Waals surface area contributed by atoms with Crippen LogP contribution in [0.25, 0.3) is 22.4 Å². The minimum Gasteiger partial charge on any atom is -0.338 e. The quantitative estimate of drug-likeness (QED) is 0.762. The van der Waals surface area contributed by atoms with Crippen LogP contribution in [-0.2, 0) is 6.42 Å². The van der Waals surface area contributed by atoms with Gasteiger partial charge in [0.15, 0.2) is 0 Å². The zero-order valence-electron chi connectivity index (χ0n) is 11.9. The maximum Gasteiger partial charge on any atom is 0.138 e. The second-order valence-electron chi connectivity index (χ2n) is 5.48. The van der Waals surface area contributed by atoms with Crippen LogP contribution in [0.5, 0.6) is 0 Å². The zero-order chi connectivity index (χ0) is 14.1. The van der Waals surface area contributed by atoms with Crippen molar-refractivity contribution >= 4 is 11.0 Å². The van der Waals surface area contributed by atoms with E-state index in [1.165, 1.54) is 11.1 Å². The Morgan fingerprint density at radius 3 is 2.60 bits per heavy atom. The molecule has 3 aromatic rings. The molecule has 0 aliphatic rings. The van der Waals surface area contributed by atoms with Crippen LogP contribution >= 0.6 is 0 Å². The number of benzene rings is 2. The van der Waals surface area contributed by atoms with E-state index in [1.807, 2.05) is 6.92 Å². The van der Waals surface area contributed by atoms with Gasteiger partial charge in [-0.05, 0) is 38.0 Å². The second-order valence-corrected chi connectivity index (χ2v) is 5.48. The first-order chi connectivity index (χ1) is 9.61. The normalized spacial score (nSPS) is 12.8. The van der Waals surface area contributed by atoms with E-state index in [9.17, 15) is 0 Å². The highest BCUT2D eigenvalue weighted by Crippen LogP contribution is 2.22. The van der Waals surface area contributed by atoms with Crippen LogP contribution < -0.4 is 5.73 Å². The number of hydrogen-bond donors (Lipinski definition) is 2. The number of nitrogens with two attached hydrogens (primary N) is 1.